The van der Waals surface area contributed by atoms with Gasteiger partial charge in [-0.1, -0.05) is 11.6 Å². The van der Waals surface area contributed by atoms with Gasteiger partial charge in [0.15, 0.2) is 0 Å². The molecule has 0 aliphatic carbocycles. The van der Waals surface area contributed by atoms with E-state index in [9.17, 15) is 4.21 Å². The second kappa shape index (κ2) is 6.64. The Bertz CT molecular complexity index is 390. The lowest BCUT2D eigenvalue weighted by Crippen LogP contribution is -2.28. The summed E-state index contributed by atoms with van der Waals surface area (Å²) in [5.74, 6) is 0.569. The van der Waals surface area contributed by atoms with E-state index in [1.165, 1.54) is 0 Å². The molecule has 2 atom stereocenters. The average Bonchev–Trinajstić information content (AvgIpc) is 2.68. The van der Waals surface area contributed by atoms with Gasteiger partial charge in [-0.25, -0.2) is 9.97 Å². The van der Waals surface area contributed by atoms with Crippen LogP contribution in [0.5, 0.6) is 0 Å². The first kappa shape index (κ1) is 14.8. The summed E-state index contributed by atoms with van der Waals surface area (Å²) in [5, 5.41) is 4.01. The maximum atomic E-state index is 12.0. The van der Waals surface area contributed by atoms with Crippen molar-refractivity contribution in [3.8, 4) is 0 Å². The summed E-state index contributed by atoms with van der Waals surface area (Å²) in [6.07, 6.45) is 2.22. The van der Waals surface area contributed by atoms with Gasteiger partial charge in [0.2, 0.25) is 5.16 Å². The van der Waals surface area contributed by atoms with E-state index in [0.717, 1.165) is 25.1 Å². The minimum Gasteiger partial charge on any atom is -0.313 e. The minimum absolute atomic E-state index is 0. The standard InChI is InChI=1S/C10H14ClN3OS.ClH/c1-7-5-9(11)14-10(13-7)16(15)6-8-3-2-4-12-8;/h5,8,12H,2-4,6H2,1H3;1H. The molecule has 0 aromatic carbocycles. The molecule has 2 rings (SSSR count). The number of hydrogen-bond acceptors (Lipinski definition) is 4. The van der Waals surface area contributed by atoms with Crippen LogP contribution in [0.3, 0.4) is 0 Å². The van der Waals surface area contributed by atoms with Crippen molar-refractivity contribution in [2.75, 3.05) is 12.3 Å². The third-order valence-electron chi connectivity index (χ3n) is 2.52. The maximum Gasteiger partial charge on any atom is 0.220 e. The molecule has 1 aromatic heterocycles. The van der Waals surface area contributed by atoms with Gasteiger partial charge in [0.05, 0.1) is 10.8 Å². The Kier molecular flexibility index (Phi) is 5.79. The molecule has 2 heterocycles. The van der Waals surface area contributed by atoms with Crippen molar-refractivity contribution < 1.29 is 4.21 Å². The SMILES string of the molecule is Cc1cc(Cl)nc(S(=O)CC2CCCN2)n1.Cl. The van der Waals surface area contributed by atoms with Crippen LogP contribution in [-0.2, 0) is 10.8 Å². The first-order valence-electron chi connectivity index (χ1n) is 5.28. The van der Waals surface area contributed by atoms with Gasteiger partial charge in [-0.3, -0.25) is 4.21 Å². The van der Waals surface area contributed by atoms with Crippen LogP contribution in [0.4, 0.5) is 0 Å². The molecule has 0 saturated carbocycles. The fourth-order valence-electron chi connectivity index (χ4n) is 1.76. The van der Waals surface area contributed by atoms with Crippen LogP contribution in [-0.4, -0.2) is 32.5 Å². The molecule has 1 N–H and O–H groups in total. The van der Waals surface area contributed by atoms with E-state index in [4.69, 9.17) is 11.6 Å². The van der Waals surface area contributed by atoms with Gasteiger partial charge >= 0.3 is 0 Å². The third-order valence-corrected chi connectivity index (χ3v) is 4.01. The van der Waals surface area contributed by atoms with Crippen LogP contribution in [0.2, 0.25) is 5.15 Å². The average molecular weight is 296 g/mol. The maximum absolute atomic E-state index is 12.0. The van der Waals surface area contributed by atoms with E-state index in [1.807, 2.05) is 6.92 Å². The lowest BCUT2D eigenvalue weighted by Gasteiger charge is -2.08. The Morgan fingerprint density at radius 3 is 2.94 bits per heavy atom. The molecule has 1 fully saturated rings. The highest BCUT2D eigenvalue weighted by molar-refractivity contribution is 7.84. The van der Waals surface area contributed by atoms with Gasteiger partial charge < -0.3 is 5.32 Å². The normalized spacial score (nSPS) is 20.9. The van der Waals surface area contributed by atoms with E-state index in [1.54, 1.807) is 6.07 Å². The summed E-state index contributed by atoms with van der Waals surface area (Å²) in [6, 6.07) is 1.99. The third kappa shape index (κ3) is 4.17. The smallest absolute Gasteiger partial charge is 0.220 e. The fourth-order valence-corrected chi connectivity index (χ4v) is 3.30. The van der Waals surface area contributed by atoms with E-state index < -0.39 is 10.8 Å². The van der Waals surface area contributed by atoms with Crippen LogP contribution in [0.1, 0.15) is 18.5 Å². The summed E-state index contributed by atoms with van der Waals surface area (Å²) >= 11 is 5.81. The lowest BCUT2D eigenvalue weighted by molar-refractivity contribution is 0.637. The monoisotopic (exact) mass is 295 g/mol. The Hall–Kier alpha value is -0.230. The van der Waals surface area contributed by atoms with Crippen molar-refractivity contribution in [3.05, 3.63) is 16.9 Å². The largest absolute Gasteiger partial charge is 0.313 e. The molecule has 1 aliphatic heterocycles. The summed E-state index contributed by atoms with van der Waals surface area (Å²) in [4.78, 5) is 8.15. The Morgan fingerprint density at radius 2 is 2.35 bits per heavy atom. The molecule has 17 heavy (non-hydrogen) atoms. The predicted molar refractivity (Wildman–Crippen MR) is 71.3 cm³/mol. The molecular weight excluding hydrogens is 281 g/mol. The van der Waals surface area contributed by atoms with Gasteiger partial charge in [0.25, 0.3) is 0 Å². The highest BCUT2D eigenvalue weighted by Gasteiger charge is 2.19. The van der Waals surface area contributed by atoms with Crippen molar-refractivity contribution >= 4 is 34.8 Å². The lowest BCUT2D eigenvalue weighted by atomic mass is 10.3. The first-order valence-corrected chi connectivity index (χ1v) is 6.98. The zero-order chi connectivity index (χ0) is 11.5. The van der Waals surface area contributed by atoms with Gasteiger partial charge in [-0.15, -0.1) is 12.4 Å². The molecule has 1 aliphatic rings. The van der Waals surface area contributed by atoms with E-state index in [0.29, 0.717) is 22.1 Å². The van der Waals surface area contributed by atoms with Crippen molar-refractivity contribution in [1.29, 1.82) is 0 Å². The van der Waals surface area contributed by atoms with Crippen LogP contribution in [0, 0.1) is 6.92 Å². The number of rotatable bonds is 3. The predicted octanol–water partition coefficient (Wildman–Crippen LogP) is 1.72. The highest BCUT2D eigenvalue weighted by Crippen LogP contribution is 2.12. The Morgan fingerprint density at radius 1 is 1.59 bits per heavy atom. The van der Waals surface area contributed by atoms with E-state index >= 15 is 0 Å². The summed E-state index contributed by atoms with van der Waals surface area (Å²) in [6.45, 7) is 2.83. The van der Waals surface area contributed by atoms with Crippen LogP contribution < -0.4 is 5.32 Å². The summed E-state index contributed by atoms with van der Waals surface area (Å²) in [5.41, 5.74) is 0.753. The molecule has 2 unspecified atom stereocenters. The second-order valence-electron chi connectivity index (χ2n) is 3.92. The molecule has 0 radical (unpaired) electrons. The molecule has 4 nitrogen and oxygen atoms in total. The fraction of sp³-hybridized carbons (Fsp3) is 0.600. The van der Waals surface area contributed by atoms with Crippen molar-refractivity contribution in [2.24, 2.45) is 0 Å². The Labute approximate surface area is 114 Å². The number of hydrogen-bond donors (Lipinski definition) is 1. The number of halogens is 2. The Balaban J connectivity index is 0.00000144. The molecule has 0 bridgehead atoms. The van der Waals surface area contributed by atoms with Crippen molar-refractivity contribution in [3.63, 3.8) is 0 Å². The van der Waals surface area contributed by atoms with Gasteiger partial charge in [0.1, 0.15) is 5.15 Å². The number of aryl methyl sites for hydroxylation is 1. The first-order chi connectivity index (χ1) is 7.65. The van der Waals surface area contributed by atoms with Crippen LogP contribution >= 0.6 is 24.0 Å². The summed E-state index contributed by atoms with van der Waals surface area (Å²) in [7, 11) is -1.16. The molecule has 0 amide bonds. The molecule has 96 valence electrons. The summed E-state index contributed by atoms with van der Waals surface area (Å²) < 4.78 is 12.0. The van der Waals surface area contributed by atoms with Gasteiger partial charge in [0, 0.05) is 17.5 Å². The van der Waals surface area contributed by atoms with Gasteiger partial charge in [-0.05, 0) is 32.4 Å². The van der Waals surface area contributed by atoms with E-state index in [-0.39, 0.29) is 12.4 Å². The van der Waals surface area contributed by atoms with Crippen LogP contribution in [0.15, 0.2) is 11.2 Å². The van der Waals surface area contributed by atoms with E-state index in [2.05, 4.69) is 15.3 Å². The molecular formula is C10H15Cl2N3OS. The number of aromatic nitrogens is 2. The minimum atomic E-state index is -1.16. The zero-order valence-corrected chi connectivity index (χ0v) is 11.9. The number of nitrogens with one attached hydrogen (secondary N) is 1. The zero-order valence-electron chi connectivity index (χ0n) is 9.48. The number of nitrogens with zero attached hydrogens (tertiary/aromatic N) is 2. The molecule has 1 saturated heterocycles. The highest BCUT2D eigenvalue weighted by atomic mass is 35.5. The van der Waals surface area contributed by atoms with Gasteiger partial charge in [-0.2, -0.15) is 0 Å². The quantitative estimate of drug-likeness (QED) is 0.681. The van der Waals surface area contributed by atoms with Crippen molar-refractivity contribution in [1.82, 2.24) is 15.3 Å². The molecule has 7 heteroatoms. The molecule has 1 aromatic rings. The topological polar surface area (TPSA) is 54.9 Å². The second-order valence-corrected chi connectivity index (χ2v) is 5.70. The molecule has 0 spiro atoms. The van der Waals surface area contributed by atoms with Crippen molar-refractivity contribution in [2.45, 2.75) is 31.0 Å². The van der Waals surface area contributed by atoms with Crippen LogP contribution in [0.25, 0.3) is 0 Å².